The highest BCUT2D eigenvalue weighted by Crippen LogP contribution is 2.27. The van der Waals surface area contributed by atoms with Gasteiger partial charge in [-0.25, -0.2) is 4.98 Å². The van der Waals surface area contributed by atoms with Gasteiger partial charge in [-0.15, -0.1) is 0 Å². The second-order valence-corrected chi connectivity index (χ2v) is 4.88. The smallest absolute Gasteiger partial charge is 0.140 e. The summed E-state index contributed by atoms with van der Waals surface area (Å²) in [6, 6.07) is 6.46. The third-order valence-electron chi connectivity index (χ3n) is 3.67. The molecule has 3 nitrogen and oxygen atoms in total. The monoisotopic (exact) mass is 229 g/mol. The molecule has 90 valence electrons. The summed E-state index contributed by atoms with van der Waals surface area (Å²) in [5.41, 5.74) is 1.64. The Labute approximate surface area is 103 Å². The van der Waals surface area contributed by atoms with Gasteiger partial charge in [0.15, 0.2) is 0 Å². The number of pyridine rings is 1. The number of hydrogen-bond acceptors (Lipinski definition) is 3. The molecule has 0 aromatic carbocycles. The molecule has 0 amide bonds. The van der Waals surface area contributed by atoms with Crippen molar-refractivity contribution in [2.24, 2.45) is 5.92 Å². The van der Waals surface area contributed by atoms with Gasteiger partial charge < -0.3 is 5.32 Å². The molecule has 0 saturated heterocycles. The van der Waals surface area contributed by atoms with Gasteiger partial charge in [-0.1, -0.05) is 12.8 Å². The number of nitrogens with zero attached hydrogens (tertiary/aromatic N) is 2. The summed E-state index contributed by atoms with van der Waals surface area (Å²) in [4.78, 5) is 3.97. The molecule has 1 atom stereocenters. The van der Waals surface area contributed by atoms with E-state index in [9.17, 15) is 0 Å². The summed E-state index contributed by atoms with van der Waals surface area (Å²) in [6.07, 6.45) is 7.17. The lowest BCUT2D eigenvalue weighted by Crippen LogP contribution is -2.31. The molecular formula is C14H19N3. The minimum absolute atomic E-state index is 0.498. The first-order valence-corrected chi connectivity index (χ1v) is 6.38. The summed E-state index contributed by atoms with van der Waals surface area (Å²) in [6.45, 7) is 3.09. The van der Waals surface area contributed by atoms with Crippen LogP contribution < -0.4 is 5.32 Å². The number of nitrogens with one attached hydrogen (secondary N) is 1. The topological polar surface area (TPSA) is 48.7 Å². The fourth-order valence-corrected chi connectivity index (χ4v) is 2.55. The highest BCUT2D eigenvalue weighted by Gasteiger charge is 2.20. The Bertz CT molecular complexity index is 402. The Balaban J connectivity index is 1.86. The van der Waals surface area contributed by atoms with Gasteiger partial charge in [0.1, 0.15) is 11.8 Å². The van der Waals surface area contributed by atoms with Gasteiger partial charge in [-0.05, 0) is 43.4 Å². The van der Waals surface area contributed by atoms with Crippen LogP contribution in [-0.4, -0.2) is 11.0 Å². The molecule has 0 spiro atoms. The lowest BCUT2D eigenvalue weighted by atomic mass is 9.99. The minimum atomic E-state index is 0.498. The molecule has 17 heavy (non-hydrogen) atoms. The first-order valence-electron chi connectivity index (χ1n) is 6.38. The predicted molar refractivity (Wildman–Crippen MR) is 67.2 cm³/mol. The van der Waals surface area contributed by atoms with Crippen molar-refractivity contribution in [3.63, 3.8) is 0 Å². The highest BCUT2D eigenvalue weighted by molar-refractivity contribution is 5.25. The molecule has 1 aromatic heterocycles. The molecule has 1 heterocycles. The number of hydrogen-bond donors (Lipinski definition) is 1. The zero-order valence-corrected chi connectivity index (χ0v) is 10.3. The van der Waals surface area contributed by atoms with E-state index in [-0.39, 0.29) is 0 Å². The van der Waals surface area contributed by atoms with Crippen LogP contribution in [0, 0.1) is 17.2 Å². The van der Waals surface area contributed by atoms with Crippen molar-refractivity contribution in [2.45, 2.75) is 45.2 Å². The summed E-state index contributed by atoms with van der Waals surface area (Å²) in [7, 11) is 0. The molecule has 0 aliphatic heterocycles. The molecule has 1 N–H and O–H groups in total. The number of nitriles is 1. The Morgan fingerprint density at radius 1 is 1.53 bits per heavy atom. The zero-order chi connectivity index (χ0) is 12.1. The molecule has 0 unspecified atom stereocenters. The van der Waals surface area contributed by atoms with Crippen LogP contribution in [0.15, 0.2) is 18.3 Å². The van der Waals surface area contributed by atoms with Gasteiger partial charge in [0.2, 0.25) is 0 Å². The maximum Gasteiger partial charge on any atom is 0.140 e. The average Bonchev–Trinajstić information content (AvgIpc) is 2.90. The maximum atomic E-state index is 8.78. The van der Waals surface area contributed by atoms with Gasteiger partial charge >= 0.3 is 0 Å². The van der Waals surface area contributed by atoms with Crippen LogP contribution in [0.1, 0.15) is 43.9 Å². The summed E-state index contributed by atoms with van der Waals surface area (Å²) >= 11 is 0. The fraction of sp³-hybridized carbons (Fsp3) is 0.571. The normalized spacial score (nSPS) is 17.9. The van der Waals surface area contributed by atoms with E-state index >= 15 is 0 Å². The molecule has 1 fully saturated rings. The summed E-state index contributed by atoms with van der Waals surface area (Å²) < 4.78 is 0. The predicted octanol–water partition coefficient (Wildman–Crippen LogP) is 2.62. The van der Waals surface area contributed by atoms with E-state index in [0.717, 1.165) is 18.0 Å². The van der Waals surface area contributed by atoms with Crippen LogP contribution in [0.25, 0.3) is 0 Å². The molecule has 1 aliphatic carbocycles. The third kappa shape index (κ3) is 3.28. The standard InChI is InChI=1S/C14H19N3/c1-11(13-4-2-3-5-13)17-10-12-6-7-16-14(8-12)9-15/h6-8,11,13,17H,2-5,10H2,1H3/t11-/m0/s1. The molecular weight excluding hydrogens is 210 g/mol. The number of aromatic nitrogens is 1. The SMILES string of the molecule is C[C@H](NCc1ccnc(C#N)c1)C1CCCC1. The van der Waals surface area contributed by atoms with E-state index in [0.29, 0.717) is 11.7 Å². The van der Waals surface area contributed by atoms with Gasteiger partial charge in [0.25, 0.3) is 0 Å². The largest absolute Gasteiger partial charge is 0.310 e. The van der Waals surface area contributed by atoms with Crippen LogP contribution in [0.3, 0.4) is 0 Å². The van der Waals surface area contributed by atoms with Crippen LogP contribution in [0.4, 0.5) is 0 Å². The third-order valence-corrected chi connectivity index (χ3v) is 3.67. The second-order valence-electron chi connectivity index (χ2n) is 4.88. The quantitative estimate of drug-likeness (QED) is 0.863. The van der Waals surface area contributed by atoms with Crippen molar-refractivity contribution in [3.8, 4) is 6.07 Å². The zero-order valence-electron chi connectivity index (χ0n) is 10.3. The Hall–Kier alpha value is -1.40. The van der Waals surface area contributed by atoms with Gasteiger partial charge in [-0.3, -0.25) is 0 Å². The first-order chi connectivity index (χ1) is 8.29. The van der Waals surface area contributed by atoms with Crippen molar-refractivity contribution in [1.82, 2.24) is 10.3 Å². The van der Waals surface area contributed by atoms with Gasteiger partial charge in [0, 0.05) is 18.8 Å². The Morgan fingerprint density at radius 3 is 3.00 bits per heavy atom. The van der Waals surface area contributed by atoms with Gasteiger partial charge in [0.05, 0.1) is 0 Å². The van der Waals surface area contributed by atoms with E-state index in [1.807, 2.05) is 12.1 Å². The fourth-order valence-electron chi connectivity index (χ4n) is 2.55. The highest BCUT2D eigenvalue weighted by atomic mass is 14.9. The minimum Gasteiger partial charge on any atom is -0.310 e. The van der Waals surface area contributed by atoms with E-state index in [4.69, 9.17) is 5.26 Å². The van der Waals surface area contributed by atoms with Crippen molar-refractivity contribution in [1.29, 1.82) is 5.26 Å². The maximum absolute atomic E-state index is 8.78. The van der Waals surface area contributed by atoms with Gasteiger partial charge in [-0.2, -0.15) is 5.26 Å². The molecule has 0 radical (unpaired) electrons. The van der Waals surface area contributed by atoms with E-state index < -0.39 is 0 Å². The lowest BCUT2D eigenvalue weighted by Gasteiger charge is -2.20. The van der Waals surface area contributed by atoms with Crippen LogP contribution >= 0.6 is 0 Å². The van der Waals surface area contributed by atoms with Crippen molar-refractivity contribution >= 4 is 0 Å². The molecule has 2 rings (SSSR count). The summed E-state index contributed by atoms with van der Waals surface area (Å²) in [5.74, 6) is 0.826. The lowest BCUT2D eigenvalue weighted by molar-refractivity contribution is 0.380. The van der Waals surface area contributed by atoms with Crippen LogP contribution in [0.5, 0.6) is 0 Å². The van der Waals surface area contributed by atoms with E-state index in [2.05, 4.69) is 23.3 Å². The van der Waals surface area contributed by atoms with E-state index in [1.165, 1.54) is 25.7 Å². The number of rotatable bonds is 4. The second kappa shape index (κ2) is 5.79. The molecule has 1 aromatic rings. The average molecular weight is 229 g/mol. The first kappa shape index (κ1) is 12.1. The van der Waals surface area contributed by atoms with Crippen molar-refractivity contribution in [3.05, 3.63) is 29.6 Å². The van der Waals surface area contributed by atoms with Crippen molar-refractivity contribution in [2.75, 3.05) is 0 Å². The Kier molecular flexibility index (Phi) is 4.11. The summed E-state index contributed by atoms with van der Waals surface area (Å²) in [5, 5.41) is 12.3. The van der Waals surface area contributed by atoms with Crippen molar-refractivity contribution < 1.29 is 0 Å². The molecule has 1 saturated carbocycles. The molecule has 0 bridgehead atoms. The van der Waals surface area contributed by atoms with E-state index in [1.54, 1.807) is 6.20 Å². The molecule has 1 aliphatic rings. The molecule has 3 heteroatoms. The van der Waals surface area contributed by atoms with Crippen LogP contribution in [0.2, 0.25) is 0 Å². The Morgan fingerprint density at radius 2 is 2.29 bits per heavy atom. The van der Waals surface area contributed by atoms with Crippen LogP contribution in [-0.2, 0) is 6.54 Å².